The highest BCUT2D eigenvalue weighted by atomic mass is 19.1. The van der Waals surface area contributed by atoms with Crippen molar-refractivity contribution in [3.63, 3.8) is 0 Å². The number of rotatable bonds is 6. The van der Waals surface area contributed by atoms with Crippen LogP contribution in [0.5, 0.6) is 0 Å². The molecule has 0 aliphatic carbocycles. The molecule has 1 amide bonds. The number of hydrogen-bond acceptors (Lipinski definition) is 3. The Morgan fingerprint density at radius 2 is 2.11 bits per heavy atom. The lowest BCUT2D eigenvalue weighted by Gasteiger charge is -2.18. The normalized spacial score (nSPS) is 10.0. The van der Waals surface area contributed by atoms with Crippen molar-refractivity contribution in [2.75, 3.05) is 19.6 Å². The van der Waals surface area contributed by atoms with Gasteiger partial charge in [0.1, 0.15) is 5.82 Å². The Morgan fingerprint density at radius 1 is 1.42 bits per heavy atom. The fourth-order valence-electron chi connectivity index (χ4n) is 1.81. The Balaban J connectivity index is 2.56. The standard InChI is InChI=1S/C14H18FN3O/c1-3-18(4-2)14(19)10-17-9-12-7-13(15)6-5-11(12)8-16/h5-7,17H,3-4,9-10H2,1-2H3. The molecule has 0 aliphatic heterocycles. The number of nitrogens with one attached hydrogen (secondary N) is 1. The molecule has 0 atom stereocenters. The Hall–Kier alpha value is -1.93. The summed E-state index contributed by atoms with van der Waals surface area (Å²) in [4.78, 5) is 13.5. The van der Waals surface area contributed by atoms with Crippen molar-refractivity contribution in [3.8, 4) is 6.07 Å². The van der Waals surface area contributed by atoms with E-state index < -0.39 is 0 Å². The van der Waals surface area contributed by atoms with Crippen molar-refractivity contribution >= 4 is 5.91 Å². The van der Waals surface area contributed by atoms with E-state index in [-0.39, 0.29) is 18.3 Å². The molecule has 0 spiro atoms. The summed E-state index contributed by atoms with van der Waals surface area (Å²) < 4.78 is 13.1. The van der Waals surface area contributed by atoms with Crippen molar-refractivity contribution in [3.05, 3.63) is 35.1 Å². The summed E-state index contributed by atoms with van der Waals surface area (Å²) in [7, 11) is 0. The number of hydrogen-bond donors (Lipinski definition) is 1. The third-order valence-electron chi connectivity index (χ3n) is 2.90. The van der Waals surface area contributed by atoms with E-state index in [4.69, 9.17) is 5.26 Å². The van der Waals surface area contributed by atoms with E-state index in [2.05, 4.69) is 5.32 Å². The molecular formula is C14H18FN3O. The predicted octanol–water partition coefficient (Wildman–Crippen LogP) is 1.66. The third-order valence-corrected chi connectivity index (χ3v) is 2.90. The molecule has 5 heteroatoms. The zero-order valence-corrected chi connectivity index (χ0v) is 11.2. The number of likely N-dealkylation sites (N-methyl/N-ethyl adjacent to an activating group) is 1. The van der Waals surface area contributed by atoms with Crippen LogP contribution >= 0.6 is 0 Å². The summed E-state index contributed by atoms with van der Waals surface area (Å²) in [6, 6.07) is 6.01. The van der Waals surface area contributed by atoms with Crippen LogP contribution in [0.3, 0.4) is 0 Å². The number of nitrogens with zero attached hydrogens (tertiary/aromatic N) is 2. The maximum Gasteiger partial charge on any atom is 0.236 e. The SMILES string of the molecule is CCN(CC)C(=O)CNCc1cc(F)ccc1C#N. The number of amides is 1. The van der Waals surface area contributed by atoms with Gasteiger partial charge in [-0.2, -0.15) is 5.26 Å². The minimum absolute atomic E-state index is 0.0000827. The lowest BCUT2D eigenvalue weighted by Crippen LogP contribution is -2.37. The number of nitriles is 1. The third kappa shape index (κ3) is 4.34. The number of halogens is 1. The highest BCUT2D eigenvalue weighted by Gasteiger charge is 2.09. The Kier molecular flexibility index (Phi) is 5.97. The molecule has 0 heterocycles. The number of benzene rings is 1. The fraction of sp³-hybridized carbons (Fsp3) is 0.429. The van der Waals surface area contributed by atoms with Gasteiger partial charge in [0.2, 0.25) is 5.91 Å². The quantitative estimate of drug-likeness (QED) is 0.849. The van der Waals surface area contributed by atoms with Gasteiger partial charge in [-0.15, -0.1) is 0 Å². The highest BCUT2D eigenvalue weighted by Crippen LogP contribution is 2.10. The van der Waals surface area contributed by atoms with Crippen LogP contribution < -0.4 is 5.32 Å². The first-order valence-corrected chi connectivity index (χ1v) is 6.29. The van der Waals surface area contributed by atoms with Gasteiger partial charge in [0, 0.05) is 19.6 Å². The minimum Gasteiger partial charge on any atom is -0.342 e. The molecule has 0 saturated heterocycles. The Labute approximate surface area is 112 Å². The zero-order chi connectivity index (χ0) is 14.3. The topological polar surface area (TPSA) is 56.1 Å². The molecule has 0 bridgehead atoms. The van der Waals surface area contributed by atoms with E-state index in [9.17, 15) is 9.18 Å². The zero-order valence-electron chi connectivity index (χ0n) is 11.2. The van der Waals surface area contributed by atoms with Crippen molar-refractivity contribution in [1.82, 2.24) is 10.2 Å². The molecule has 1 rings (SSSR count). The van der Waals surface area contributed by atoms with Gasteiger partial charge in [-0.25, -0.2) is 4.39 Å². The van der Waals surface area contributed by atoms with E-state index >= 15 is 0 Å². The molecule has 102 valence electrons. The summed E-state index contributed by atoms with van der Waals surface area (Å²) in [5.74, 6) is -0.384. The first kappa shape index (κ1) is 15.1. The second-order valence-corrected chi connectivity index (χ2v) is 4.08. The smallest absolute Gasteiger partial charge is 0.236 e. The van der Waals surface area contributed by atoms with Gasteiger partial charge in [0.15, 0.2) is 0 Å². The molecule has 0 aliphatic rings. The second-order valence-electron chi connectivity index (χ2n) is 4.08. The molecular weight excluding hydrogens is 245 g/mol. The number of carbonyl (C=O) groups excluding carboxylic acids is 1. The van der Waals surface area contributed by atoms with Gasteiger partial charge in [-0.05, 0) is 37.6 Å². The van der Waals surface area contributed by atoms with Crippen molar-refractivity contribution in [1.29, 1.82) is 5.26 Å². The summed E-state index contributed by atoms with van der Waals surface area (Å²) in [6.07, 6.45) is 0. The maximum atomic E-state index is 13.1. The number of carbonyl (C=O) groups is 1. The molecule has 0 saturated carbocycles. The summed E-state index contributed by atoms with van der Waals surface area (Å²) in [5.41, 5.74) is 0.985. The fourth-order valence-corrected chi connectivity index (χ4v) is 1.81. The predicted molar refractivity (Wildman–Crippen MR) is 70.7 cm³/mol. The Bertz CT molecular complexity index is 478. The molecule has 1 aromatic carbocycles. The van der Waals surface area contributed by atoms with Crippen LogP contribution in [0.2, 0.25) is 0 Å². The van der Waals surface area contributed by atoms with Crippen LogP contribution in [0.4, 0.5) is 4.39 Å². The first-order chi connectivity index (χ1) is 9.12. The van der Waals surface area contributed by atoms with Crippen LogP contribution in [-0.2, 0) is 11.3 Å². The van der Waals surface area contributed by atoms with E-state index in [0.29, 0.717) is 30.8 Å². The average molecular weight is 263 g/mol. The summed E-state index contributed by atoms with van der Waals surface area (Å²) in [6.45, 7) is 5.65. The van der Waals surface area contributed by atoms with Gasteiger partial charge in [-0.1, -0.05) is 0 Å². The molecule has 1 aromatic rings. The van der Waals surface area contributed by atoms with Crippen LogP contribution in [-0.4, -0.2) is 30.4 Å². The summed E-state index contributed by atoms with van der Waals surface area (Å²) in [5, 5.41) is 11.9. The van der Waals surface area contributed by atoms with Crippen molar-refractivity contribution in [2.24, 2.45) is 0 Å². The second kappa shape index (κ2) is 7.49. The molecule has 1 N–H and O–H groups in total. The van der Waals surface area contributed by atoms with Crippen molar-refractivity contribution in [2.45, 2.75) is 20.4 Å². The average Bonchev–Trinajstić information content (AvgIpc) is 2.40. The minimum atomic E-state index is -0.383. The monoisotopic (exact) mass is 263 g/mol. The first-order valence-electron chi connectivity index (χ1n) is 6.29. The van der Waals surface area contributed by atoms with E-state index in [0.717, 1.165) is 0 Å². The van der Waals surface area contributed by atoms with Crippen LogP contribution in [0.15, 0.2) is 18.2 Å². The van der Waals surface area contributed by atoms with Crippen LogP contribution in [0.1, 0.15) is 25.0 Å². The van der Waals surface area contributed by atoms with Gasteiger partial charge >= 0.3 is 0 Å². The van der Waals surface area contributed by atoms with Gasteiger partial charge in [0.25, 0.3) is 0 Å². The van der Waals surface area contributed by atoms with Gasteiger partial charge in [-0.3, -0.25) is 4.79 Å². The van der Waals surface area contributed by atoms with E-state index in [1.165, 1.54) is 18.2 Å². The van der Waals surface area contributed by atoms with E-state index in [1.54, 1.807) is 4.90 Å². The molecule has 4 nitrogen and oxygen atoms in total. The summed E-state index contributed by atoms with van der Waals surface area (Å²) >= 11 is 0. The van der Waals surface area contributed by atoms with Crippen LogP contribution in [0.25, 0.3) is 0 Å². The van der Waals surface area contributed by atoms with Crippen molar-refractivity contribution < 1.29 is 9.18 Å². The van der Waals surface area contributed by atoms with Gasteiger partial charge in [0.05, 0.1) is 18.2 Å². The largest absolute Gasteiger partial charge is 0.342 e. The lowest BCUT2D eigenvalue weighted by molar-refractivity contribution is -0.129. The van der Waals surface area contributed by atoms with Crippen LogP contribution in [0, 0.1) is 17.1 Å². The lowest BCUT2D eigenvalue weighted by atomic mass is 10.1. The van der Waals surface area contributed by atoms with Gasteiger partial charge < -0.3 is 10.2 Å². The Morgan fingerprint density at radius 3 is 2.68 bits per heavy atom. The highest BCUT2D eigenvalue weighted by molar-refractivity contribution is 5.78. The molecule has 0 radical (unpaired) electrons. The van der Waals surface area contributed by atoms with E-state index in [1.807, 2.05) is 19.9 Å². The molecule has 0 aromatic heterocycles. The molecule has 19 heavy (non-hydrogen) atoms. The maximum absolute atomic E-state index is 13.1. The molecule has 0 unspecified atom stereocenters. The molecule has 0 fully saturated rings.